The number of aryl methyl sites for hydroxylation is 1. The lowest BCUT2D eigenvalue weighted by Crippen LogP contribution is -2.17. The van der Waals surface area contributed by atoms with Gasteiger partial charge < -0.3 is 5.32 Å². The molecule has 1 aliphatic heterocycles. The van der Waals surface area contributed by atoms with Gasteiger partial charge >= 0.3 is 0 Å². The van der Waals surface area contributed by atoms with Crippen LogP contribution in [0.2, 0.25) is 0 Å². The molecule has 0 amide bonds. The van der Waals surface area contributed by atoms with Crippen LogP contribution in [-0.2, 0) is 0 Å². The van der Waals surface area contributed by atoms with E-state index < -0.39 is 0 Å². The molecular weight excluding hydrogens is 186 g/mol. The molecule has 1 unspecified atom stereocenters. The highest BCUT2D eigenvalue weighted by Gasteiger charge is 2.22. The van der Waals surface area contributed by atoms with E-state index in [0.29, 0.717) is 6.04 Å². The molecule has 0 bridgehead atoms. The number of anilines is 1. The molecular formula is C12H19N3. The van der Waals surface area contributed by atoms with Crippen LogP contribution in [0.3, 0.4) is 0 Å². The molecule has 0 saturated carbocycles. The summed E-state index contributed by atoms with van der Waals surface area (Å²) in [6.45, 7) is 3.31. The second kappa shape index (κ2) is 4.19. The Labute approximate surface area is 91.5 Å². The van der Waals surface area contributed by atoms with E-state index in [2.05, 4.69) is 35.2 Å². The smallest absolute Gasteiger partial charge is 0.128 e. The minimum Gasteiger partial charge on any atom is -0.373 e. The topological polar surface area (TPSA) is 28.2 Å². The number of likely N-dealkylation sites (tertiary alicyclic amines) is 1. The standard InChI is InChI=1S/C12H19N3/c1-9-7-10(8-14-12(9)13-2)11-5-4-6-15(11)3/h7-8,11H,4-6H2,1-3H3,(H,13,14). The van der Waals surface area contributed by atoms with Gasteiger partial charge in [0.05, 0.1) is 0 Å². The predicted molar refractivity (Wildman–Crippen MR) is 63.1 cm³/mol. The zero-order valence-electron chi connectivity index (χ0n) is 9.75. The summed E-state index contributed by atoms with van der Waals surface area (Å²) in [5.41, 5.74) is 2.59. The average Bonchev–Trinajstić information content (AvgIpc) is 2.64. The van der Waals surface area contributed by atoms with Crippen LogP contribution < -0.4 is 5.32 Å². The molecule has 0 radical (unpaired) electrons. The van der Waals surface area contributed by atoms with E-state index in [1.165, 1.54) is 30.5 Å². The van der Waals surface area contributed by atoms with Gasteiger partial charge in [0.1, 0.15) is 5.82 Å². The van der Waals surface area contributed by atoms with E-state index in [0.717, 1.165) is 5.82 Å². The summed E-state index contributed by atoms with van der Waals surface area (Å²) in [7, 11) is 4.11. The first-order valence-corrected chi connectivity index (χ1v) is 5.57. The molecule has 1 N–H and O–H groups in total. The first-order chi connectivity index (χ1) is 7.22. The number of nitrogens with one attached hydrogen (secondary N) is 1. The number of aromatic nitrogens is 1. The molecule has 82 valence electrons. The van der Waals surface area contributed by atoms with E-state index >= 15 is 0 Å². The Morgan fingerprint density at radius 3 is 2.87 bits per heavy atom. The minimum absolute atomic E-state index is 0.571. The zero-order chi connectivity index (χ0) is 10.8. The van der Waals surface area contributed by atoms with Gasteiger partial charge in [-0.25, -0.2) is 4.98 Å². The molecule has 1 aromatic heterocycles. The SMILES string of the molecule is CNc1ncc(C2CCCN2C)cc1C. The molecule has 3 heteroatoms. The molecule has 0 aliphatic carbocycles. The highest BCUT2D eigenvalue weighted by Crippen LogP contribution is 2.30. The molecule has 15 heavy (non-hydrogen) atoms. The van der Waals surface area contributed by atoms with Gasteiger partial charge in [0.2, 0.25) is 0 Å². The molecule has 1 aliphatic rings. The first kappa shape index (κ1) is 10.4. The van der Waals surface area contributed by atoms with Crippen LogP contribution in [0.4, 0.5) is 5.82 Å². The normalized spacial score (nSPS) is 21.9. The van der Waals surface area contributed by atoms with E-state index in [9.17, 15) is 0 Å². The summed E-state index contributed by atoms with van der Waals surface area (Å²) in [5.74, 6) is 0.986. The fourth-order valence-electron chi connectivity index (χ4n) is 2.37. The van der Waals surface area contributed by atoms with E-state index in [4.69, 9.17) is 0 Å². The number of hydrogen-bond donors (Lipinski definition) is 1. The van der Waals surface area contributed by atoms with Gasteiger partial charge in [-0.05, 0) is 50.6 Å². The second-order valence-electron chi connectivity index (χ2n) is 4.32. The largest absolute Gasteiger partial charge is 0.373 e. The summed E-state index contributed by atoms with van der Waals surface area (Å²) in [6, 6.07) is 2.83. The van der Waals surface area contributed by atoms with E-state index in [-0.39, 0.29) is 0 Å². The van der Waals surface area contributed by atoms with Crippen LogP contribution in [0.1, 0.15) is 30.0 Å². The maximum absolute atomic E-state index is 4.44. The summed E-state index contributed by atoms with van der Waals surface area (Å²) >= 11 is 0. The Kier molecular flexibility index (Phi) is 2.91. The van der Waals surface area contributed by atoms with Gasteiger partial charge in [-0.1, -0.05) is 0 Å². The average molecular weight is 205 g/mol. The lowest BCUT2D eigenvalue weighted by Gasteiger charge is -2.20. The van der Waals surface area contributed by atoms with Gasteiger partial charge in [-0.3, -0.25) is 4.90 Å². The summed E-state index contributed by atoms with van der Waals surface area (Å²) in [5, 5.41) is 3.10. The predicted octanol–water partition coefficient (Wildman–Crippen LogP) is 2.20. The van der Waals surface area contributed by atoms with Crippen molar-refractivity contribution in [2.24, 2.45) is 0 Å². The third-order valence-corrected chi connectivity index (χ3v) is 3.24. The van der Waals surface area contributed by atoms with Crippen LogP contribution in [0.5, 0.6) is 0 Å². The molecule has 1 fully saturated rings. The van der Waals surface area contributed by atoms with Gasteiger partial charge in [-0.15, -0.1) is 0 Å². The Hall–Kier alpha value is -1.09. The third kappa shape index (κ3) is 1.97. The molecule has 1 saturated heterocycles. The lowest BCUT2D eigenvalue weighted by atomic mass is 10.1. The highest BCUT2D eigenvalue weighted by atomic mass is 15.1. The summed E-state index contributed by atoms with van der Waals surface area (Å²) in [4.78, 5) is 6.85. The number of nitrogens with zero attached hydrogens (tertiary/aromatic N) is 2. The maximum atomic E-state index is 4.44. The zero-order valence-corrected chi connectivity index (χ0v) is 9.75. The Morgan fingerprint density at radius 2 is 2.33 bits per heavy atom. The Morgan fingerprint density at radius 1 is 1.53 bits per heavy atom. The van der Waals surface area contributed by atoms with Gasteiger partial charge in [-0.2, -0.15) is 0 Å². The summed E-state index contributed by atoms with van der Waals surface area (Å²) < 4.78 is 0. The van der Waals surface area contributed by atoms with Crippen molar-refractivity contribution >= 4 is 5.82 Å². The van der Waals surface area contributed by atoms with Crippen molar-refractivity contribution in [1.82, 2.24) is 9.88 Å². The highest BCUT2D eigenvalue weighted by molar-refractivity contribution is 5.44. The third-order valence-electron chi connectivity index (χ3n) is 3.24. The van der Waals surface area contributed by atoms with Crippen LogP contribution >= 0.6 is 0 Å². The van der Waals surface area contributed by atoms with E-state index in [1.54, 1.807) is 0 Å². The number of rotatable bonds is 2. The van der Waals surface area contributed by atoms with Crippen molar-refractivity contribution in [3.8, 4) is 0 Å². The monoisotopic (exact) mass is 205 g/mol. The van der Waals surface area contributed by atoms with Crippen molar-refractivity contribution in [1.29, 1.82) is 0 Å². The van der Waals surface area contributed by atoms with Crippen LogP contribution in [0.15, 0.2) is 12.3 Å². The van der Waals surface area contributed by atoms with Gasteiger partial charge in [0.15, 0.2) is 0 Å². The lowest BCUT2D eigenvalue weighted by molar-refractivity contribution is 0.317. The molecule has 2 rings (SSSR count). The van der Waals surface area contributed by atoms with Crippen molar-refractivity contribution in [2.45, 2.75) is 25.8 Å². The van der Waals surface area contributed by atoms with Crippen molar-refractivity contribution in [3.63, 3.8) is 0 Å². The van der Waals surface area contributed by atoms with Crippen LogP contribution in [-0.4, -0.2) is 30.5 Å². The maximum Gasteiger partial charge on any atom is 0.128 e. The molecule has 1 atom stereocenters. The van der Waals surface area contributed by atoms with Crippen molar-refractivity contribution in [2.75, 3.05) is 26.0 Å². The molecule has 0 aromatic carbocycles. The minimum atomic E-state index is 0.571. The first-order valence-electron chi connectivity index (χ1n) is 5.57. The Balaban J connectivity index is 2.25. The van der Waals surface area contributed by atoms with Crippen molar-refractivity contribution in [3.05, 3.63) is 23.4 Å². The fourth-order valence-corrected chi connectivity index (χ4v) is 2.37. The quantitative estimate of drug-likeness (QED) is 0.802. The molecule has 2 heterocycles. The van der Waals surface area contributed by atoms with Gasteiger partial charge in [0.25, 0.3) is 0 Å². The van der Waals surface area contributed by atoms with Crippen LogP contribution in [0.25, 0.3) is 0 Å². The van der Waals surface area contributed by atoms with Gasteiger partial charge in [0, 0.05) is 19.3 Å². The number of hydrogen-bond acceptors (Lipinski definition) is 3. The molecule has 3 nitrogen and oxygen atoms in total. The second-order valence-corrected chi connectivity index (χ2v) is 4.32. The number of pyridine rings is 1. The van der Waals surface area contributed by atoms with Crippen molar-refractivity contribution < 1.29 is 0 Å². The molecule has 0 spiro atoms. The fraction of sp³-hybridized carbons (Fsp3) is 0.583. The molecule has 1 aromatic rings. The van der Waals surface area contributed by atoms with E-state index in [1.807, 2.05) is 13.2 Å². The summed E-state index contributed by atoms with van der Waals surface area (Å²) in [6.07, 6.45) is 4.57. The Bertz CT molecular complexity index is 349. The van der Waals surface area contributed by atoms with Crippen LogP contribution in [0, 0.1) is 6.92 Å².